The van der Waals surface area contributed by atoms with E-state index in [4.69, 9.17) is 23.2 Å². The number of hydrogen-bond acceptors (Lipinski definition) is 1. The number of hydrogen-bond donors (Lipinski definition) is 1. The fourth-order valence-corrected chi connectivity index (χ4v) is 2.42. The summed E-state index contributed by atoms with van der Waals surface area (Å²) in [5.74, 6) is -0.918. The minimum absolute atomic E-state index is 0.0870. The van der Waals surface area contributed by atoms with Gasteiger partial charge in [0, 0.05) is 5.88 Å². The zero-order valence-electron chi connectivity index (χ0n) is 11.4. The van der Waals surface area contributed by atoms with Crippen LogP contribution in [-0.2, 0) is 5.54 Å². The average Bonchev–Trinajstić information content (AvgIpc) is 2.50. The maximum Gasteiger partial charge on any atom is 0.253 e. The van der Waals surface area contributed by atoms with E-state index in [-0.39, 0.29) is 16.5 Å². The van der Waals surface area contributed by atoms with Crippen molar-refractivity contribution in [3.05, 3.63) is 70.5 Å². The number of alkyl halides is 1. The molecule has 0 aliphatic heterocycles. The summed E-state index contributed by atoms with van der Waals surface area (Å²) in [5, 5.41) is 2.63. The fourth-order valence-electron chi connectivity index (χ4n) is 1.99. The molecule has 2 nitrogen and oxygen atoms in total. The number of rotatable bonds is 4. The van der Waals surface area contributed by atoms with Crippen LogP contribution in [0.5, 0.6) is 0 Å². The highest BCUT2D eigenvalue weighted by Gasteiger charge is 2.29. The molecule has 0 bridgehead atoms. The Morgan fingerprint density at radius 1 is 1.19 bits per heavy atom. The van der Waals surface area contributed by atoms with Crippen molar-refractivity contribution in [1.82, 2.24) is 5.32 Å². The molecule has 1 amide bonds. The lowest BCUT2D eigenvalue weighted by atomic mass is 9.93. The third kappa shape index (κ3) is 3.36. The monoisotopic (exact) mass is 325 g/mol. The Hall–Kier alpha value is -1.58. The Labute approximate surface area is 132 Å². The molecule has 21 heavy (non-hydrogen) atoms. The maximum absolute atomic E-state index is 13.4. The van der Waals surface area contributed by atoms with Crippen LogP contribution in [0.15, 0.2) is 48.5 Å². The van der Waals surface area contributed by atoms with Gasteiger partial charge in [0.25, 0.3) is 5.91 Å². The highest BCUT2D eigenvalue weighted by Crippen LogP contribution is 2.25. The predicted molar refractivity (Wildman–Crippen MR) is 83.4 cm³/mol. The summed E-state index contributed by atoms with van der Waals surface area (Å²) in [6.07, 6.45) is 0. The van der Waals surface area contributed by atoms with Crippen molar-refractivity contribution in [1.29, 1.82) is 0 Å². The van der Waals surface area contributed by atoms with Crippen LogP contribution in [0, 0.1) is 5.82 Å². The van der Waals surface area contributed by atoms with Gasteiger partial charge in [-0.2, -0.15) is 0 Å². The third-order valence-corrected chi connectivity index (χ3v) is 4.18. The SMILES string of the molecule is CC(CCl)(NC(=O)c1cccc(F)c1Cl)c1ccccc1. The highest BCUT2D eigenvalue weighted by molar-refractivity contribution is 6.34. The Kier molecular flexibility index (Phi) is 4.86. The van der Waals surface area contributed by atoms with Gasteiger partial charge in [-0.3, -0.25) is 4.79 Å². The van der Waals surface area contributed by atoms with Crippen LogP contribution < -0.4 is 5.32 Å². The van der Waals surface area contributed by atoms with E-state index in [1.165, 1.54) is 18.2 Å². The van der Waals surface area contributed by atoms with Gasteiger partial charge in [0.05, 0.1) is 16.1 Å². The Bertz CT molecular complexity index is 648. The molecule has 2 rings (SSSR count). The van der Waals surface area contributed by atoms with Gasteiger partial charge in [-0.15, -0.1) is 11.6 Å². The molecule has 0 saturated carbocycles. The lowest BCUT2D eigenvalue weighted by molar-refractivity contribution is 0.0913. The second-order valence-corrected chi connectivity index (χ2v) is 5.53. The summed E-state index contributed by atoms with van der Waals surface area (Å²) in [6.45, 7) is 1.81. The van der Waals surface area contributed by atoms with Crippen molar-refractivity contribution in [2.24, 2.45) is 0 Å². The number of nitrogens with one attached hydrogen (secondary N) is 1. The van der Waals surface area contributed by atoms with Gasteiger partial charge in [-0.25, -0.2) is 4.39 Å². The minimum atomic E-state index is -0.768. The van der Waals surface area contributed by atoms with Crippen LogP contribution in [0.4, 0.5) is 4.39 Å². The van der Waals surface area contributed by atoms with E-state index in [2.05, 4.69) is 5.32 Å². The average molecular weight is 326 g/mol. The first kappa shape index (κ1) is 15.8. The molecule has 0 aromatic heterocycles. The van der Waals surface area contributed by atoms with Crippen molar-refractivity contribution in [2.75, 3.05) is 5.88 Å². The lowest BCUT2D eigenvalue weighted by Crippen LogP contribution is -2.45. The molecule has 110 valence electrons. The van der Waals surface area contributed by atoms with Crippen LogP contribution in [-0.4, -0.2) is 11.8 Å². The number of amides is 1. The molecule has 2 aromatic rings. The van der Waals surface area contributed by atoms with Crippen LogP contribution in [0.2, 0.25) is 5.02 Å². The molecule has 5 heteroatoms. The quantitative estimate of drug-likeness (QED) is 0.831. The standard InChI is InChI=1S/C16H14Cl2FNO/c1-16(10-17,11-6-3-2-4-7-11)20-15(21)12-8-5-9-13(19)14(12)18/h2-9H,10H2,1H3,(H,20,21). The van der Waals surface area contributed by atoms with Gasteiger partial charge in [-0.1, -0.05) is 48.0 Å². The zero-order valence-corrected chi connectivity index (χ0v) is 12.9. The van der Waals surface area contributed by atoms with E-state index >= 15 is 0 Å². The summed E-state index contributed by atoms with van der Waals surface area (Å²) in [5.41, 5.74) is 0.181. The molecule has 1 N–H and O–H groups in total. The molecular formula is C16H14Cl2FNO. The van der Waals surface area contributed by atoms with E-state index in [1.54, 1.807) is 6.92 Å². The van der Waals surface area contributed by atoms with Crippen molar-refractivity contribution in [3.8, 4) is 0 Å². The summed E-state index contributed by atoms with van der Waals surface area (Å²) >= 11 is 11.9. The Morgan fingerprint density at radius 3 is 2.48 bits per heavy atom. The van der Waals surface area contributed by atoms with Crippen molar-refractivity contribution in [2.45, 2.75) is 12.5 Å². The number of carbonyl (C=O) groups is 1. The van der Waals surface area contributed by atoms with E-state index < -0.39 is 17.3 Å². The second-order valence-electron chi connectivity index (χ2n) is 4.89. The number of benzene rings is 2. The topological polar surface area (TPSA) is 29.1 Å². The maximum atomic E-state index is 13.4. The first-order valence-electron chi connectivity index (χ1n) is 6.36. The summed E-state index contributed by atoms with van der Waals surface area (Å²) in [6, 6.07) is 13.5. The van der Waals surface area contributed by atoms with Crippen LogP contribution in [0.1, 0.15) is 22.8 Å². The molecule has 2 aromatic carbocycles. The third-order valence-electron chi connectivity index (χ3n) is 3.26. The van der Waals surface area contributed by atoms with Crippen LogP contribution in [0.3, 0.4) is 0 Å². The fraction of sp³-hybridized carbons (Fsp3) is 0.188. The second kappa shape index (κ2) is 6.46. The molecule has 0 radical (unpaired) electrons. The molecule has 0 fully saturated rings. The molecular weight excluding hydrogens is 312 g/mol. The van der Waals surface area contributed by atoms with E-state index in [0.29, 0.717) is 0 Å². The molecule has 0 aliphatic rings. The summed E-state index contributed by atoms with van der Waals surface area (Å²) < 4.78 is 13.4. The first-order valence-corrected chi connectivity index (χ1v) is 7.27. The largest absolute Gasteiger partial charge is 0.342 e. The van der Waals surface area contributed by atoms with E-state index in [0.717, 1.165) is 5.56 Å². The molecule has 1 unspecified atom stereocenters. The zero-order chi connectivity index (χ0) is 15.5. The summed E-state index contributed by atoms with van der Waals surface area (Å²) in [4.78, 5) is 12.3. The van der Waals surface area contributed by atoms with Crippen LogP contribution >= 0.6 is 23.2 Å². The Balaban J connectivity index is 2.30. The molecule has 0 heterocycles. The molecule has 0 saturated heterocycles. The first-order chi connectivity index (χ1) is 9.98. The molecule has 1 atom stereocenters. The Morgan fingerprint density at radius 2 is 1.86 bits per heavy atom. The number of carbonyl (C=O) groups excluding carboxylic acids is 1. The number of halogens is 3. The normalized spacial score (nSPS) is 13.5. The predicted octanol–water partition coefficient (Wildman–Crippen LogP) is 4.36. The highest BCUT2D eigenvalue weighted by atomic mass is 35.5. The van der Waals surface area contributed by atoms with E-state index in [9.17, 15) is 9.18 Å². The molecule has 0 aliphatic carbocycles. The van der Waals surface area contributed by atoms with Gasteiger partial charge < -0.3 is 5.32 Å². The van der Waals surface area contributed by atoms with Crippen LogP contribution in [0.25, 0.3) is 0 Å². The van der Waals surface area contributed by atoms with Gasteiger partial charge in [-0.05, 0) is 24.6 Å². The van der Waals surface area contributed by atoms with E-state index in [1.807, 2.05) is 30.3 Å². The van der Waals surface area contributed by atoms with Gasteiger partial charge >= 0.3 is 0 Å². The van der Waals surface area contributed by atoms with Crippen molar-refractivity contribution < 1.29 is 9.18 Å². The molecule has 0 spiro atoms. The van der Waals surface area contributed by atoms with Gasteiger partial charge in [0.1, 0.15) is 5.82 Å². The minimum Gasteiger partial charge on any atom is -0.342 e. The van der Waals surface area contributed by atoms with Crippen molar-refractivity contribution >= 4 is 29.1 Å². The van der Waals surface area contributed by atoms with Crippen molar-refractivity contribution in [3.63, 3.8) is 0 Å². The lowest BCUT2D eigenvalue weighted by Gasteiger charge is -2.29. The summed E-state index contributed by atoms with van der Waals surface area (Å²) in [7, 11) is 0. The van der Waals surface area contributed by atoms with Gasteiger partial charge in [0.15, 0.2) is 0 Å². The van der Waals surface area contributed by atoms with Gasteiger partial charge in [0.2, 0.25) is 0 Å². The smallest absolute Gasteiger partial charge is 0.253 e.